The van der Waals surface area contributed by atoms with E-state index in [0.717, 1.165) is 44.6 Å². The number of hydrogen-bond donors (Lipinski definition) is 1. The maximum atomic E-state index is 12.9. The van der Waals surface area contributed by atoms with Crippen molar-refractivity contribution in [2.24, 2.45) is 0 Å². The normalized spacial score (nSPS) is 16.8. The summed E-state index contributed by atoms with van der Waals surface area (Å²) in [5, 5.41) is 2.02. The number of piperazine rings is 1. The summed E-state index contributed by atoms with van der Waals surface area (Å²) >= 11 is 3.51. The van der Waals surface area contributed by atoms with E-state index in [1.807, 2.05) is 60.4 Å². The van der Waals surface area contributed by atoms with Crippen LogP contribution in [0.5, 0.6) is 0 Å². The highest BCUT2D eigenvalue weighted by Crippen LogP contribution is 2.27. The molecule has 0 radical (unpaired) electrons. The topological polar surface area (TPSA) is 85.8 Å². The highest BCUT2D eigenvalue weighted by Gasteiger charge is 2.34. The minimum atomic E-state index is -0.366. The molecule has 0 bridgehead atoms. The number of imide groups is 1. The minimum absolute atomic E-state index is 0.0597. The van der Waals surface area contributed by atoms with Crippen molar-refractivity contribution in [3.8, 4) is 0 Å². The SMILES string of the molecule is CC1=C(C)C(=O)N(Nc2cc(CN3CCN(C(=O)c4ccc(C)cc4)CC3)c3ccc(Br)cc3n2)C1=O. The fourth-order valence-electron chi connectivity index (χ4n) is 4.65. The Labute approximate surface area is 224 Å². The van der Waals surface area contributed by atoms with E-state index in [1.54, 1.807) is 13.8 Å². The van der Waals surface area contributed by atoms with Gasteiger partial charge in [0.2, 0.25) is 0 Å². The van der Waals surface area contributed by atoms with Gasteiger partial charge in [-0.25, -0.2) is 4.98 Å². The number of hydrazine groups is 1. The van der Waals surface area contributed by atoms with Gasteiger partial charge in [0.15, 0.2) is 0 Å². The molecule has 2 aromatic carbocycles. The maximum Gasteiger partial charge on any atom is 0.275 e. The van der Waals surface area contributed by atoms with Gasteiger partial charge in [0.25, 0.3) is 17.7 Å². The Bertz CT molecular complexity index is 1420. The second kappa shape index (κ2) is 10.1. The number of nitrogens with one attached hydrogen (secondary N) is 1. The molecule has 1 N–H and O–H groups in total. The van der Waals surface area contributed by atoms with Crippen LogP contribution in [0.4, 0.5) is 5.82 Å². The number of aryl methyl sites for hydroxylation is 1. The molecule has 3 amide bonds. The summed E-state index contributed by atoms with van der Waals surface area (Å²) in [6, 6.07) is 15.5. The van der Waals surface area contributed by atoms with Crippen molar-refractivity contribution in [3.05, 3.63) is 80.8 Å². The van der Waals surface area contributed by atoms with Crippen LogP contribution in [0.15, 0.2) is 64.1 Å². The van der Waals surface area contributed by atoms with Crippen molar-refractivity contribution < 1.29 is 14.4 Å². The maximum absolute atomic E-state index is 12.9. The molecule has 37 heavy (non-hydrogen) atoms. The van der Waals surface area contributed by atoms with E-state index in [9.17, 15) is 14.4 Å². The molecule has 1 aromatic heterocycles. The lowest BCUT2D eigenvalue weighted by molar-refractivity contribution is -0.135. The lowest BCUT2D eigenvalue weighted by atomic mass is 10.1. The summed E-state index contributed by atoms with van der Waals surface area (Å²) in [5.41, 5.74) is 7.41. The van der Waals surface area contributed by atoms with Crippen LogP contribution < -0.4 is 5.43 Å². The molecule has 0 atom stereocenters. The highest BCUT2D eigenvalue weighted by molar-refractivity contribution is 9.10. The van der Waals surface area contributed by atoms with Gasteiger partial charge in [-0.05, 0) is 56.7 Å². The van der Waals surface area contributed by atoms with E-state index < -0.39 is 0 Å². The van der Waals surface area contributed by atoms with Gasteiger partial charge < -0.3 is 4.90 Å². The fourth-order valence-corrected chi connectivity index (χ4v) is 5.00. The summed E-state index contributed by atoms with van der Waals surface area (Å²) in [6.45, 7) is 8.74. The van der Waals surface area contributed by atoms with Crippen molar-refractivity contribution in [2.45, 2.75) is 27.3 Å². The van der Waals surface area contributed by atoms with E-state index in [-0.39, 0.29) is 17.7 Å². The Balaban J connectivity index is 1.33. The molecule has 0 spiro atoms. The van der Waals surface area contributed by atoms with Gasteiger partial charge in [-0.15, -0.1) is 0 Å². The largest absolute Gasteiger partial charge is 0.336 e. The van der Waals surface area contributed by atoms with Crippen LogP contribution in [0.2, 0.25) is 0 Å². The van der Waals surface area contributed by atoms with Crippen LogP contribution >= 0.6 is 15.9 Å². The quantitative estimate of drug-likeness (QED) is 0.467. The third-order valence-corrected chi connectivity index (χ3v) is 7.54. The first-order chi connectivity index (χ1) is 17.7. The van der Waals surface area contributed by atoms with Gasteiger partial charge in [-0.3, -0.25) is 24.7 Å². The predicted octanol–water partition coefficient (Wildman–Crippen LogP) is 4.30. The lowest BCUT2D eigenvalue weighted by Gasteiger charge is -2.35. The number of carbonyl (C=O) groups is 3. The zero-order valence-electron chi connectivity index (χ0n) is 21.0. The zero-order valence-corrected chi connectivity index (χ0v) is 22.6. The smallest absolute Gasteiger partial charge is 0.275 e. The summed E-state index contributed by atoms with van der Waals surface area (Å²) in [6.07, 6.45) is 0. The number of hydrogen-bond acceptors (Lipinski definition) is 6. The van der Waals surface area contributed by atoms with Crippen LogP contribution in [-0.4, -0.2) is 63.7 Å². The summed E-state index contributed by atoms with van der Waals surface area (Å²) in [7, 11) is 0. The molecule has 1 fully saturated rings. The molecule has 0 aliphatic carbocycles. The number of halogens is 1. The van der Waals surface area contributed by atoms with Crippen molar-refractivity contribution in [1.82, 2.24) is 19.8 Å². The Morgan fingerprint density at radius 1 is 0.919 bits per heavy atom. The first kappa shape index (κ1) is 25.1. The number of rotatable bonds is 5. The second-order valence-corrected chi connectivity index (χ2v) is 10.5. The van der Waals surface area contributed by atoms with E-state index in [4.69, 9.17) is 0 Å². The number of fused-ring (bicyclic) bond motifs is 1. The molecule has 1 saturated heterocycles. The van der Waals surface area contributed by atoms with Gasteiger partial charge in [0.1, 0.15) is 5.82 Å². The monoisotopic (exact) mass is 561 g/mol. The van der Waals surface area contributed by atoms with Gasteiger partial charge in [-0.1, -0.05) is 39.7 Å². The third kappa shape index (κ3) is 5.01. The lowest BCUT2D eigenvalue weighted by Crippen LogP contribution is -2.48. The van der Waals surface area contributed by atoms with Gasteiger partial charge in [0.05, 0.1) is 5.52 Å². The molecule has 0 unspecified atom stereocenters. The van der Waals surface area contributed by atoms with Gasteiger partial charge in [0, 0.05) is 59.3 Å². The third-order valence-electron chi connectivity index (χ3n) is 7.05. The molecule has 5 rings (SSSR count). The van der Waals surface area contributed by atoms with Crippen molar-refractivity contribution in [3.63, 3.8) is 0 Å². The van der Waals surface area contributed by atoms with Crippen LogP contribution in [0.1, 0.15) is 35.3 Å². The van der Waals surface area contributed by atoms with Gasteiger partial charge >= 0.3 is 0 Å². The number of nitrogens with zero attached hydrogens (tertiary/aromatic N) is 4. The van der Waals surface area contributed by atoms with Crippen molar-refractivity contribution in [2.75, 3.05) is 31.6 Å². The van der Waals surface area contributed by atoms with Crippen molar-refractivity contribution >= 4 is 50.4 Å². The molecule has 190 valence electrons. The number of amides is 3. The first-order valence-electron chi connectivity index (χ1n) is 12.2. The number of aromatic nitrogens is 1. The van der Waals surface area contributed by atoms with Crippen LogP contribution in [0, 0.1) is 6.92 Å². The molecule has 3 heterocycles. The summed E-state index contributed by atoms with van der Waals surface area (Å²) in [4.78, 5) is 46.9. The Hall–Kier alpha value is -3.56. The average Bonchev–Trinajstić information content (AvgIpc) is 3.07. The Kier molecular flexibility index (Phi) is 6.83. The molecule has 9 heteroatoms. The average molecular weight is 562 g/mol. The molecular formula is C28H28BrN5O3. The summed E-state index contributed by atoms with van der Waals surface area (Å²) < 4.78 is 0.889. The van der Waals surface area contributed by atoms with Crippen LogP contribution in [-0.2, 0) is 16.1 Å². The van der Waals surface area contributed by atoms with Gasteiger partial charge in [-0.2, -0.15) is 5.01 Å². The number of pyridine rings is 1. The Morgan fingerprint density at radius 2 is 1.57 bits per heavy atom. The molecular weight excluding hydrogens is 534 g/mol. The zero-order chi connectivity index (χ0) is 26.3. The van der Waals surface area contributed by atoms with Crippen molar-refractivity contribution in [1.29, 1.82) is 0 Å². The molecule has 2 aliphatic heterocycles. The van der Waals surface area contributed by atoms with Crippen LogP contribution in [0.3, 0.4) is 0 Å². The number of anilines is 1. The van der Waals surface area contributed by atoms with E-state index >= 15 is 0 Å². The fraction of sp³-hybridized carbons (Fsp3) is 0.286. The standard InChI is InChI=1S/C28H28BrN5O3/c1-17-4-6-20(7-5-17)28(37)33-12-10-32(11-13-33)16-21-14-25(30-24-15-22(29)8-9-23(21)24)31-34-26(35)18(2)19(3)27(34)36/h4-9,14-15H,10-13,16H2,1-3H3,(H,30,31). The Morgan fingerprint density at radius 3 is 2.22 bits per heavy atom. The van der Waals surface area contributed by atoms with E-state index in [2.05, 4.69) is 31.2 Å². The molecule has 0 saturated carbocycles. The van der Waals surface area contributed by atoms with E-state index in [0.29, 0.717) is 42.2 Å². The second-order valence-electron chi connectivity index (χ2n) is 9.57. The minimum Gasteiger partial charge on any atom is -0.336 e. The summed E-state index contributed by atoms with van der Waals surface area (Å²) in [5.74, 6) is -0.244. The predicted molar refractivity (Wildman–Crippen MR) is 146 cm³/mol. The molecule has 3 aromatic rings. The number of carbonyl (C=O) groups excluding carboxylic acids is 3. The van der Waals surface area contributed by atoms with E-state index in [1.165, 1.54) is 0 Å². The first-order valence-corrected chi connectivity index (χ1v) is 13.0. The van der Waals surface area contributed by atoms with Crippen LogP contribution in [0.25, 0.3) is 10.9 Å². The molecule has 8 nitrogen and oxygen atoms in total. The highest BCUT2D eigenvalue weighted by atomic mass is 79.9. The molecule has 2 aliphatic rings. The number of benzene rings is 2.